The van der Waals surface area contributed by atoms with Crippen molar-refractivity contribution in [2.45, 2.75) is 6.92 Å². The third-order valence-electron chi connectivity index (χ3n) is 5.54. The van der Waals surface area contributed by atoms with Gasteiger partial charge in [0.1, 0.15) is 5.69 Å². The summed E-state index contributed by atoms with van der Waals surface area (Å²) >= 11 is 0. The van der Waals surface area contributed by atoms with Gasteiger partial charge >= 0.3 is 0 Å². The molecule has 3 aromatic carbocycles. The quantitative estimate of drug-likeness (QED) is 0.416. The minimum atomic E-state index is -0.294. The van der Waals surface area contributed by atoms with Crippen molar-refractivity contribution in [1.82, 2.24) is 4.57 Å². The molecule has 1 aromatic heterocycles. The van der Waals surface area contributed by atoms with Crippen LogP contribution in [-0.2, 0) is 0 Å². The number of aromatic nitrogens is 1. The van der Waals surface area contributed by atoms with Gasteiger partial charge in [0.25, 0.3) is 0 Å². The van der Waals surface area contributed by atoms with E-state index < -0.39 is 0 Å². The normalized spacial score (nSPS) is 12.4. The lowest BCUT2D eigenvalue weighted by Crippen LogP contribution is -2.23. The molecule has 0 saturated carbocycles. The Morgan fingerprint density at radius 2 is 1.23 bits per heavy atom. The first-order valence-corrected chi connectivity index (χ1v) is 9.68. The van der Waals surface area contributed by atoms with Gasteiger partial charge in [-0.1, -0.05) is 72.8 Å². The highest BCUT2D eigenvalue weighted by molar-refractivity contribution is 6.32. The van der Waals surface area contributed by atoms with E-state index in [0.29, 0.717) is 22.4 Å². The summed E-state index contributed by atoms with van der Waals surface area (Å²) in [5, 5.41) is 0. The van der Waals surface area contributed by atoms with E-state index in [1.165, 1.54) is 0 Å². The van der Waals surface area contributed by atoms with Gasteiger partial charge in [-0.2, -0.15) is 0 Å². The smallest absolute Gasteiger partial charge is 0.211 e. The van der Waals surface area contributed by atoms with E-state index in [1.54, 1.807) is 60.0 Å². The lowest BCUT2D eigenvalue weighted by Gasteiger charge is -2.17. The predicted molar refractivity (Wildman–Crippen MR) is 114 cm³/mol. The molecular weight excluding hydrogens is 374 g/mol. The predicted octanol–water partition coefficient (Wildman–Crippen LogP) is 4.79. The zero-order valence-corrected chi connectivity index (χ0v) is 16.3. The van der Waals surface area contributed by atoms with Crippen molar-refractivity contribution in [3.05, 3.63) is 124 Å². The maximum absolute atomic E-state index is 13.5. The van der Waals surface area contributed by atoms with Crippen molar-refractivity contribution in [2.75, 3.05) is 0 Å². The number of carbonyl (C=O) groups excluding carboxylic acids is 3. The highest BCUT2D eigenvalue weighted by atomic mass is 16.1. The van der Waals surface area contributed by atoms with Gasteiger partial charge in [-0.15, -0.1) is 0 Å². The van der Waals surface area contributed by atoms with Crippen molar-refractivity contribution in [3.8, 4) is 5.69 Å². The molecule has 0 atom stereocenters. The molecule has 1 aliphatic carbocycles. The second-order valence-corrected chi connectivity index (χ2v) is 7.25. The Hall–Kier alpha value is -4.05. The van der Waals surface area contributed by atoms with E-state index in [2.05, 4.69) is 0 Å². The van der Waals surface area contributed by atoms with Crippen LogP contribution in [-0.4, -0.2) is 21.9 Å². The number of benzene rings is 3. The van der Waals surface area contributed by atoms with Gasteiger partial charge in [-0.05, 0) is 19.1 Å². The van der Waals surface area contributed by atoms with Crippen LogP contribution in [0.5, 0.6) is 0 Å². The minimum Gasteiger partial charge on any atom is -0.310 e. The summed E-state index contributed by atoms with van der Waals surface area (Å²) in [5.41, 5.74) is 3.22. The molecule has 0 N–H and O–H groups in total. The molecule has 144 valence electrons. The first-order chi connectivity index (χ1) is 14.6. The van der Waals surface area contributed by atoms with Gasteiger partial charge in [0.05, 0.1) is 11.1 Å². The van der Waals surface area contributed by atoms with Crippen molar-refractivity contribution in [2.24, 2.45) is 0 Å². The van der Waals surface area contributed by atoms with E-state index in [-0.39, 0.29) is 34.2 Å². The molecule has 4 heteroatoms. The Morgan fingerprint density at radius 1 is 0.700 bits per heavy atom. The van der Waals surface area contributed by atoms with Crippen molar-refractivity contribution in [3.63, 3.8) is 0 Å². The van der Waals surface area contributed by atoms with Crippen LogP contribution in [0.4, 0.5) is 0 Å². The third-order valence-corrected chi connectivity index (χ3v) is 5.54. The Morgan fingerprint density at radius 3 is 1.87 bits per heavy atom. The standard InChI is InChI=1S/C26H17NO3/c1-16-21(24(28)17-10-4-2-5-11-17)22-23(27(16)18-12-6-3-7-13-18)26(30)20-15-9-8-14-19(20)25(22)29/h2-15H,1H3. The van der Waals surface area contributed by atoms with E-state index >= 15 is 0 Å². The molecular formula is C26H17NO3. The molecule has 0 amide bonds. The first-order valence-electron chi connectivity index (χ1n) is 9.68. The van der Waals surface area contributed by atoms with Crippen molar-refractivity contribution in [1.29, 1.82) is 0 Å². The fourth-order valence-corrected chi connectivity index (χ4v) is 4.18. The third kappa shape index (κ3) is 2.51. The molecule has 0 saturated heterocycles. The maximum Gasteiger partial charge on any atom is 0.211 e. The van der Waals surface area contributed by atoms with Crippen LogP contribution in [0, 0.1) is 6.92 Å². The monoisotopic (exact) mass is 391 g/mol. The fraction of sp³-hybridized carbons (Fsp3) is 0.0385. The molecule has 1 aliphatic rings. The largest absolute Gasteiger partial charge is 0.310 e. The Balaban J connectivity index is 1.86. The van der Waals surface area contributed by atoms with Crippen LogP contribution >= 0.6 is 0 Å². The second kappa shape index (κ2) is 6.78. The molecule has 0 bridgehead atoms. The zero-order chi connectivity index (χ0) is 20.8. The van der Waals surface area contributed by atoms with Crippen molar-refractivity contribution >= 4 is 17.3 Å². The number of hydrogen-bond acceptors (Lipinski definition) is 3. The van der Waals surface area contributed by atoms with Gasteiger partial charge < -0.3 is 4.57 Å². The van der Waals surface area contributed by atoms with Crippen LogP contribution in [0.1, 0.15) is 53.6 Å². The second-order valence-electron chi connectivity index (χ2n) is 7.25. The van der Waals surface area contributed by atoms with Gasteiger partial charge in [-0.3, -0.25) is 14.4 Å². The summed E-state index contributed by atoms with van der Waals surface area (Å²) < 4.78 is 1.74. The topological polar surface area (TPSA) is 56.1 Å². The summed E-state index contributed by atoms with van der Waals surface area (Å²) in [4.78, 5) is 40.4. The number of rotatable bonds is 3. The van der Waals surface area contributed by atoms with Crippen LogP contribution < -0.4 is 0 Å². The Bertz CT molecular complexity index is 1330. The molecule has 0 spiro atoms. The first kappa shape index (κ1) is 18.0. The SMILES string of the molecule is Cc1c(C(=O)c2ccccc2)c2c(n1-c1ccccc1)C(=O)c1ccccc1C2=O. The molecule has 0 aliphatic heterocycles. The van der Waals surface area contributed by atoms with Crippen LogP contribution in [0.3, 0.4) is 0 Å². The molecule has 4 aromatic rings. The van der Waals surface area contributed by atoms with Crippen LogP contribution in [0.2, 0.25) is 0 Å². The molecule has 30 heavy (non-hydrogen) atoms. The highest BCUT2D eigenvalue weighted by Crippen LogP contribution is 2.36. The van der Waals surface area contributed by atoms with E-state index in [1.807, 2.05) is 36.4 Å². The molecule has 0 unspecified atom stereocenters. The molecule has 1 heterocycles. The minimum absolute atomic E-state index is 0.189. The number of para-hydroxylation sites is 1. The van der Waals surface area contributed by atoms with Gasteiger partial charge in [0.2, 0.25) is 5.78 Å². The van der Waals surface area contributed by atoms with Crippen LogP contribution in [0.15, 0.2) is 84.9 Å². The van der Waals surface area contributed by atoms with E-state index in [9.17, 15) is 14.4 Å². The van der Waals surface area contributed by atoms with Crippen molar-refractivity contribution < 1.29 is 14.4 Å². The van der Waals surface area contributed by atoms with Gasteiger partial charge in [0, 0.05) is 28.1 Å². The molecule has 0 fully saturated rings. The fourth-order valence-electron chi connectivity index (χ4n) is 4.18. The summed E-state index contributed by atoms with van der Waals surface area (Å²) in [6, 6.07) is 25.0. The number of hydrogen-bond donors (Lipinski definition) is 0. The molecule has 4 nitrogen and oxygen atoms in total. The lowest BCUT2D eigenvalue weighted by molar-refractivity contribution is 0.0970. The van der Waals surface area contributed by atoms with Gasteiger partial charge in [0.15, 0.2) is 11.6 Å². The average molecular weight is 391 g/mol. The summed E-state index contributed by atoms with van der Waals surface area (Å²) in [7, 11) is 0. The zero-order valence-electron chi connectivity index (χ0n) is 16.3. The lowest BCUT2D eigenvalue weighted by atomic mass is 9.84. The van der Waals surface area contributed by atoms with E-state index in [4.69, 9.17) is 0 Å². The number of carbonyl (C=O) groups is 3. The number of ketones is 3. The highest BCUT2D eigenvalue weighted by Gasteiger charge is 2.39. The average Bonchev–Trinajstić information content (AvgIpc) is 3.11. The maximum atomic E-state index is 13.5. The van der Waals surface area contributed by atoms with E-state index in [0.717, 1.165) is 5.69 Å². The molecule has 5 rings (SSSR count). The number of nitrogens with zero attached hydrogens (tertiary/aromatic N) is 1. The Labute approximate surface area is 173 Å². The number of fused-ring (bicyclic) bond motifs is 2. The summed E-state index contributed by atoms with van der Waals surface area (Å²) in [5.74, 6) is -0.809. The Kier molecular flexibility index (Phi) is 4.07. The van der Waals surface area contributed by atoms with Crippen LogP contribution in [0.25, 0.3) is 5.69 Å². The molecule has 0 radical (unpaired) electrons. The summed E-state index contributed by atoms with van der Waals surface area (Å²) in [6.07, 6.45) is 0. The summed E-state index contributed by atoms with van der Waals surface area (Å²) in [6.45, 7) is 1.78. The van der Waals surface area contributed by atoms with Gasteiger partial charge in [-0.25, -0.2) is 0 Å².